The number of rotatable bonds is 13. The van der Waals surface area contributed by atoms with Gasteiger partial charge in [0.15, 0.2) is 0 Å². The number of aromatic nitrogens is 4. The summed E-state index contributed by atoms with van der Waals surface area (Å²) in [5.41, 5.74) is 0. The molecule has 12 heteroatoms. The number of furan rings is 2. The van der Waals surface area contributed by atoms with Gasteiger partial charge in [0, 0.05) is 38.5 Å². The Morgan fingerprint density at radius 1 is 0.706 bits per heavy atom. The highest BCUT2D eigenvalue weighted by Gasteiger charge is 2.11. The predicted octanol–water partition coefficient (Wildman–Crippen LogP) is 4.28. The van der Waals surface area contributed by atoms with Gasteiger partial charge in [-0.25, -0.2) is 0 Å². The highest BCUT2D eigenvalue weighted by Crippen LogP contribution is 2.20. The van der Waals surface area contributed by atoms with Crippen molar-refractivity contribution in [2.75, 3.05) is 10.6 Å². The van der Waals surface area contributed by atoms with Crippen molar-refractivity contribution >= 4 is 44.8 Å². The molecule has 0 bridgehead atoms. The lowest BCUT2D eigenvalue weighted by Crippen LogP contribution is -2.11. The molecule has 0 spiro atoms. The van der Waals surface area contributed by atoms with E-state index in [4.69, 9.17) is 8.83 Å². The molecule has 178 valence electrons. The quantitative estimate of drug-likeness (QED) is 0.260. The van der Waals surface area contributed by atoms with Crippen molar-refractivity contribution in [1.29, 1.82) is 0 Å². The third-order valence-electron chi connectivity index (χ3n) is 4.81. The van der Waals surface area contributed by atoms with E-state index < -0.39 is 0 Å². The van der Waals surface area contributed by atoms with Gasteiger partial charge in [0.2, 0.25) is 22.1 Å². The van der Waals surface area contributed by atoms with Gasteiger partial charge in [-0.1, -0.05) is 22.7 Å². The zero-order valence-corrected chi connectivity index (χ0v) is 20.0. The number of nitrogens with one attached hydrogen (secondary N) is 2. The van der Waals surface area contributed by atoms with Gasteiger partial charge in [-0.2, -0.15) is 0 Å². The summed E-state index contributed by atoms with van der Waals surface area (Å²) in [6.45, 7) is 0. The van der Waals surface area contributed by atoms with Gasteiger partial charge >= 0.3 is 0 Å². The van der Waals surface area contributed by atoms with Crippen molar-refractivity contribution in [1.82, 2.24) is 20.4 Å². The zero-order valence-electron chi connectivity index (χ0n) is 18.4. The van der Waals surface area contributed by atoms with Gasteiger partial charge in [0.1, 0.15) is 21.5 Å². The van der Waals surface area contributed by atoms with E-state index in [0.29, 0.717) is 35.9 Å². The Bertz CT molecular complexity index is 1080. The van der Waals surface area contributed by atoms with Crippen LogP contribution >= 0.6 is 22.7 Å². The first-order valence-electron chi connectivity index (χ1n) is 10.9. The Morgan fingerprint density at radius 2 is 1.18 bits per heavy atom. The highest BCUT2D eigenvalue weighted by atomic mass is 32.1. The van der Waals surface area contributed by atoms with Crippen LogP contribution < -0.4 is 10.6 Å². The summed E-state index contributed by atoms with van der Waals surface area (Å²) in [7, 11) is 0. The normalized spacial score (nSPS) is 10.9. The van der Waals surface area contributed by atoms with Gasteiger partial charge in [-0.05, 0) is 37.1 Å². The fourth-order valence-electron chi connectivity index (χ4n) is 3.11. The van der Waals surface area contributed by atoms with Crippen LogP contribution in [0, 0.1) is 0 Å². The molecule has 0 atom stereocenters. The molecule has 0 saturated carbocycles. The lowest BCUT2D eigenvalue weighted by Gasteiger charge is -1.99. The maximum atomic E-state index is 12.0. The second kappa shape index (κ2) is 12.2. The van der Waals surface area contributed by atoms with Crippen LogP contribution in [0.4, 0.5) is 10.3 Å². The van der Waals surface area contributed by atoms with Crippen molar-refractivity contribution in [3.05, 3.63) is 58.3 Å². The fourth-order valence-corrected chi connectivity index (χ4v) is 4.70. The van der Waals surface area contributed by atoms with E-state index in [1.165, 1.54) is 22.7 Å². The third kappa shape index (κ3) is 7.59. The molecule has 0 fully saturated rings. The van der Waals surface area contributed by atoms with Gasteiger partial charge in [0.05, 0.1) is 12.5 Å². The zero-order chi connectivity index (χ0) is 23.6. The summed E-state index contributed by atoms with van der Waals surface area (Å²) in [4.78, 5) is 24.1. The first-order valence-corrected chi connectivity index (χ1v) is 12.6. The molecule has 4 aromatic heterocycles. The SMILES string of the molecule is O=C(CCc1ccco1)Nc1nnc(CCCCc2nnc(NC(=O)CCc3ccco3)s2)s1. The summed E-state index contributed by atoms with van der Waals surface area (Å²) in [6.07, 6.45) is 8.31. The number of carbonyl (C=O) groups is 2. The number of hydrogen-bond donors (Lipinski definition) is 2. The van der Waals surface area contributed by atoms with Gasteiger partial charge in [-0.3, -0.25) is 9.59 Å². The Labute approximate surface area is 203 Å². The predicted molar refractivity (Wildman–Crippen MR) is 128 cm³/mol. The minimum atomic E-state index is -0.112. The Morgan fingerprint density at radius 3 is 1.59 bits per heavy atom. The number of unbranched alkanes of at least 4 members (excludes halogenated alkanes) is 1. The van der Waals surface area contributed by atoms with Crippen LogP contribution in [0.5, 0.6) is 0 Å². The first kappa shape index (κ1) is 23.8. The van der Waals surface area contributed by atoms with E-state index in [-0.39, 0.29) is 11.8 Å². The minimum absolute atomic E-state index is 0.112. The minimum Gasteiger partial charge on any atom is -0.469 e. The van der Waals surface area contributed by atoms with Crippen LogP contribution in [0.25, 0.3) is 0 Å². The van der Waals surface area contributed by atoms with Crippen molar-refractivity contribution in [3.8, 4) is 0 Å². The summed E-state index contributed by atoms with van der Waals surface area (Å²) in [5, 5.41) is 24.7. The van der Waals surface area contributed by atoms with Gasteiger partial charge in [0.25, 0.3) is 0 Å². The van der Waals surface area contributed by atoms with Crippen molar-refractivity contribution in [2.24, 2.45) is 0 Å². The topological polar surface area (TPSA) is 136 Å². The van der Waals surface area contributed by atoms with Crippen molar-refractivity contribution < 1.29 is 18.4 Å². The van der Waals surface area contributed by atoms with Crippen LogP contribution in [-0.4, -0.2) is 32.2 Å². The molecule has 2 amide bonds. The summed E-state index contributed by atoms with van der Waals surface area (Å²) >= 11 is 2.78. The van der Waals surface area contributed by atoms with Crippen molar-refractivity contribution in [3.63, 3.8) is 0 Å². The van der Waals surface area contributed by atoms with Gasteiger partial charge in [-0.15, -0.1) is 20.4 Å². The van der Waals surface area contributed by atoms with E-state index in [0.717, 1.165) is 47.2 Å². The molecular weight excluding hydrogens is 476 g/mol. The largest absolute Gasteiger partial charge is 0.469 e. The van der Waals surface area contributed by atoms with E-state index in [1.807, 2.05) is 12.1 Å². The number of carbonyl (C=O) groups excluding carboxylic acids is 2. The average molecular weight is 501 g/mol. The first-order chi connectivity index (χ1) is 16.6. The fraction of sp³-hybridized carbons (Fsp3) is 0.364. The smallest absolute Gasteiger partial charge is 0.226 e. The third-order valence-corrected chi connectivity index (χ3v) is 6.61. The average Bonchev–Trinajstić information content (AvgIpc) is 3.63. The van der Waals surface area contributed by atoms with Crippen LogP contribution in [0.1, 0.15) is 47.2 Å². The van der Waals surface area contributed by atoms with E-state index in [1.54, 1.807) is 24.7 Å². The standard InChI is InChI=1S/C22H24N6O4S2/c29-17(11-9-15-5-3-13-31-15)23-21-27-25-19(33-21)7-1-2-8-20-26-28-22(34-20)24-18(30)12-10-16-6-4-14-32-16/h3-6,13-14H,1-2,7-12H2,(H,23,27,29)(H,24,28,30). The molecule has 0 aliphatic rings. The number of hydrogen-bond acceptors (Lipinski definition) is 10. The van der Waals surface area contributed by atoms with Crippen molar-refractivity contribution in [2.45, 2.75) is 51.4 Å². The summed E-state index contributed by atoms with van der Waals surface area (Å²) in [6, 6.07) is 7.30. The summed E-state index contributed by atoms with van der Waals surface area (Å²) < 4.78 is 10.5. The van der Waals surface area contributed by atoms with E-state index in [2.05, 4.69) is 31.0 Å². The molecule has 10 nitrogen and oxygen atoms in total. The molecule has 0 aliphatic carbocycles. The second-order valence-electron chi connectivity index (χ2n) is 7.46. The molecule has 0 saturated heterocycles. The van der Waals surface area contributed by atoms with Crippen LogP contribution in [0.15, 0.2) is 45.6 Å². The molecule has 0 radical (unpaired) electrons. The van der Waals surface area contributed by atoms with Gasteiger partial charge < -0.3 is 19.5 Å². The number of nitrogens with zero attached hydrogens (tertiary/aromatic N) is 4. The molecule has 4 aromatic rings. The lowest BCUT2D eigenvalue weighted by molar-refractivity contribution is -0.117. The maximum Gasteiger partial charge on any atom is 0.226 e. The number of anilines is 2. The Kier molecular flexibility index (Phi) is 8.52. The second-order valence-corrected chi connectivity index (χ2v) is 9.59. The lowest BCUT2D eigenvalue weighted by atomic mass is 10.2. The molecule has 0 unspecified atom stereocenters. The highest BCUT2D eigenvalue weighted by molar-refractivity contribution is 7.15. The monoisotopic (exact) mass is 500 g/mol. The Hall–Kier alpha value is -3.38. The Balaban J connectivity index is 1.11. The van der Waals surface area contributed by atoms with E-state index >= 15 is 0 Å². The van der Waals surface area contributed by atoms with Crippen LogP contribution in [-0.2, 0) is 35.3 Å². The molecule has 4 rings (SSSR count). The van der Waals surface area contributed by atoms with Crippen LogP contribution in [0.3, 0.4) is 0 Å². The maximum absolute atomic E-state index is 12.0. The molecule has 2 N–H and O–H groups in total. The molecule has 34 heavy (non-hydrogen) atoms. The molecular formula is C22H24N6O4S2. The van der Waals surface area contributed by atoms with E-state index in [9.17, 15) is 9.59 Å². The number of amides is 2. The summed E-state index contributed by atoms with van der Waals surface area (Å²) in [5.74, 6) is 1.34. The molecule has 0 aliphatic heterocycles. The van der Waals surface area contributed by atoms with Crippen LogP contribution in [0.2, 0.25) is 0 Å². The molecule has 4 heterocycles. The number of aryl methyl sites for hydroxylation is 4. The molecule has 0 aromatic carbocycles.